The average molecular weight is 354 g/mol. The van der Waals surface area contributed by atoms with Crippen molar-refractivity contribution in [3.05, 3.63) is 65.7 Å². The Balaban J connectivity index is 1.61. The van der Waals surface area contributed by atoms with Gasteiger partial charge in [-0.15, -0.1) is 0 Å². The molecule has 136 valence electrons. The molecule has 6 nitrogen and oxygen atoms in total. The largest absolute Gasteiger partial charge is 0.453 e. The van der Waals surface area contributed by atoms with Gasteiger partial charge in [0.1, 0.15) is 6.54 Å². The lowest BCUT2D eigenvalue weighted by atomic mass is 10.1. The lowest BCUT2D eigenvalue weighted by Gasteiger charge is -2.32. The monoisotopic (exact) mass is 354 g/mol. The molecule has 0 atom stereocenters. The van der Waals surface area contributed by atoms with Crippen LogP contribution in [0.25, 0.3) is 0 Å². The number of nitrogens with one attached hydrogen (secondary N) is 2. The molecule has 1 heterocycles. The Hall–Kier alpha value is -2.86. The van der Waals surface area contributed by atoms with Gasteiger partial charge in [0, 0.05) is 5.56 Å². The van der Waals surface area contributed by atoms with Crippen molar-refractivity contribution in [2.24, 2.45) is 0 Å². The Morgan fingerprint density at radius 3 is 2.38 bits per heavy atom. The fourth-order valence-electron chi connectivity index (χ4n) is 3.20. The molecule has 0 aliphatic carbocycles. The molecule has 6 heteroatoms. The minimum atomic E-state index is -0.581. The first-order chi connectivity index (χ1) is 12.7. The summed E-state index contributed by atoms with van der Waals surface area (Å²) in [6.45, 7) is 4.20. The standard InChI is InChI=1S/C20H23N3O3/c1-26-20(25)21-18-10-6-5-9-17(18)19(24)23-13-11-22(12-14-23)15-16-7-3-2-4-8-16/h2-10H,11-15H2,1H3,(H,21,25)/p+1. The number of hydrogen-bond donors (Lipinski definition) is 2. The molecule has 3 rings (SSSR count). The average Bonchev–Trinajstić information content (AvgIpc) is 2.69. The highest BCUT2D eigenvalue weighted by Crippen LogP contribution is 2.17. The van der Waals surface area contributed by atoms with Gasteiger partial charge >= 0.3 is 6.09 Å². The number of rotatable bonds is 4. The summed E-state index contributed by atoms with van der Waals surface area (Å²) in [6.07, 6.45) is -0.581. The molecule has 1 fully saturated rings. The number of hydrogen-bond acceptors (Lipinski definition) is 3. The Kier molecular flexibility index (Phi) is 5.86. The second kappa shape index (κ2) is 8.49. The van der Waals surface area contributed by atoms with Crippen LogP contribution in [-0.4, -0.2) is 50.2 Å². The first kappa shape index (κ1) is 17.9. The second-order valence-electron chi connectivity index (χ2n) is 6.37. The number of piperazine rings is 1. The fraction of sp³-hybridized carbons (Fsp3) is 0.300. The molecule has 2 amide bonds. The van der Waals surface area contributed by atoms with Crippen molar-refractivity contribution in [1.82, 2.24) is 4.90 Å². The molecule has 0 radical (unpaired) electrons. The molecule has 0 aromatic heterocycles. The van der Waals surface area contributed by atoms with Gasteiger partial charge in [0.15, 0.2) is 0 Å². The van der Waals surface area contributed by atoms with Gasteiger partial charge in [-0.1, -0.05) is 42.5 Å². The van der Waals surface area contributed by atoms with Crippen LogP contribution >= 0.6 is 0 Å². The van der Waals surface area contributed by atoms with Crippen molar-refractivity contribution in [2.45, 2.75) is 6.54 Å². The molecule has 26 heavy (non-hydrogen) atoms. The SMILES string of the molecule is COC(=O)Nc1ccccc1C(=O)N1CC[NH+](Cc2ccccc2)CC1. The summed E-state index contributed by atoms with van der Waals surface area (Å²) in [5.74, 6) is -0.0595. The molecular formula is C20H24N3O3+. The van der Waals surface area contributed by atoms with E-state index in [1.807, 2.05) is 11.0 Å². The van der Waals surface area contributed by atoms with Crippen molar-refractivity contribution >= 4 is 17.7 Å². The van der Waals surface area contributed by atoms with Crippen LogP contribution < -0.4 is 10.2 Å². The summed E-state index contributed by atoms with van der Waals surface area (Å²) in [5, 5.41) is 2.61. The van der Waals surface area contributed by atoms with Gasteiger partial charge in [-0.05, 0) is 12.1 Å². The van der Waals surface area contributed by atoms with Gasteiger partial charge < -0.3 is 14.5 Å². The van der Waals surface area contributed by atoms with E-state index in [1.165, 1.54) is 17.6 Å². The smallest absolute Gasteiger partial charge is 0.411 e. The number of anilines is 1. The summed E-state index contributed by atoms with van der Waals surface area (Å²) in [4.78, 5) is 27.7. The van der Waals surface area contributed by atoms with Gasteiger partial charge in [-0.3, -0.25) is 10.1 Å². The third-order valence-corrected chi connectivity index (χ3v) is 4.63. The van der Waals surface area contributed by atoms with Gasteiger partial charge in [0.05, 0.1) is 44.5 Å². The van der Waals surface area contributed by atoms with E-state index in [0.29, 0.717) is 24.3 Å². The van der Waals surface area contributed by atoms with E-state index < -0.39 is 6.09 Å². The van der Waals surface area contributed by atoms with Gasteiger partial charge in [-0.25, -0.2) is 4.79 Å². The normalized spacial score (nSPS) is 14.7. The van der Waals surface area contributed by atoms with Crippen LogP contribution in [-0.2, 0) is 11.3 Å². The van der Waals surface area contributed by atoms with Gasteiger partial charge in [0.2, 0.25) is 0 Å². The van der Waals surface area contributed by atoms with E-state index in [1.54, 1.807) is 24.3 Å². The van der Waals surface area contributed by atoms with Gasteiger partial charge in [0.25, 0.3) is 5.91 Å². The van der Waals surface area contributed by atoms with E-state index in [2.05, 4.69) is 34.3 Å². The number of ether oxygens (including phenoxy) is 1. The summed E-state index contributed by atoms with van der Waals surface area (Å²) in [5.41, 5.74) is 2.28. The summed E-state index contributed by atoms with van der Waals surface area (Å²) < 4.78 is 4.63. The van der Waals surface area contributed by atoms with E-state index in [0.717, 1.165) is 19.6 Å². The maximum atomic E-state index is 12.9. The van der Waals surface area contributed by atoms with Crippen LogP contribution in [0.1, 0.15) is 15.9 Å². The molecule has 2 aromatic rings. The van der Waals surface area contributed by atoms with Crippen molar-refractivity contribution in [3.63, 3.8) is 0 Å². The molecule has 1 saturated heterocycles. The zero-order chi connectivity index (χ0) is 18.4. The molecule has 2 N–H and O–H groups in total. The first-order valence-corrected chi connectivity index (χ1v) is 8.78. The fourth-order valence-corrected chi connectivity index (χ4v) is 3.20. The van der Waals surface area contributed by atoms with E-state index in [4.69, 9.17) is 0 Å². The summed E-state index contributed by atoms with van der Waals surface area (Å²) >= 11 is 0. The Labute approximate surface area is 153 Å². The molecule has 0 bridgehead atoms. The van der Waals surface area contributed by atoms with E-state index >= 15 is 0 Å². The van der Waals surface area contributed by atoms with Gasteiger partial charge in [-0.2, -0.15) is 0 Å². The number of benzene rings is 2. The molecule has 2 aromatic carbocycles. The quantitative estimate of drug-likeness (QED) is 0.873. The predicted molar refractivity (Wildman–Crippen MR) is 99.2 cm³/mol. The maximum absolute atomic E-state index is 12.9. The van der Waals surface area contributed by atoms with Crippen LogP contribution in [0.4, 0.5) is 10.5 Å². The van der Waals surface area contributed by atoms with Crippen LogP contribution in [0, 0.1) is 0 Å². The predicted octanol–water partition coefficient (Wildman–Crippen LogP) is 1.41. The highest BCUT2D eigenvalue weighted by Gasteiger charge is 2.26. The van der Waals surface area contributed by atoms with Crippen LogP contribution in [0.15, 0.2) is 54.6 Å². The Morgan fingerprint density at radius 1 is 1.04 bits per heavy atom. The maximum Gasteiger partial charge on any atom is 0.411 e. The van der Waals surface area contributed by atoms with E-state index in [9.17, 15) is 9.59 Å². The van der Waals surface area contributed by atoms with Crippen LogP contribution in [0.3, 0.4) is 0 Å². The van der Waals surface area contributed by atoms with Crippen molar-refractivity contribution < 1.29 is 19.2 Å². The topological polar surface area (TPSA) is 63.1 Å². The van der Waals surface area contributed by atoms with E-state index in [-0.39, 0.29) is 5.91 Å². The van der Waals surface area contributed by atoms with Crippen molar-refractivity contribution in [3.8, 4) is 0 Å². The third kappa shape index (κ3) is 4.40. The minimum absolute atomic E-state index is 0.0595. The highest BCUT2D eigenvalue weighted by molar-refractivity contribution is 6.02. The molecule has 1 aliphatic heterocycles. The van der Waals surface area contributed by atoms with Crippen LogP contribution in [0.2, 0.25) is 0 Å². The van der Waals surface area contributed by atoms with Crippen molar-refractivity contribution in [2.75, 3.05) is 38.6 Å². The first-order valence-electron chi connectivity index (χ1n) is 8.78. The number of carbonyl (C=O) groups excluding carboxylic acids is 2. The molecule has 1 aliphatic rings. The van der Waals surface area contributed by atoms with Crippen LogP contribution in [0.5, 0.6) is 0 Å². The number of methoxy groups -OCH3 is 1. The molecule has 0 spiro atoms. The number of amides is 2. The molecule has 0 unspecified atom stereocenters. The number of quaternary nitrogens is 1. The molecular weight excluding hydrogens is 330 g/mol. The van der Waals surface area contributed by atoms with Crippen molar-refractivity contribution in [1.29, 1.82) is 0 Å². The minimum Gasteiger partial charge on any atom is -0.453 e. The Bertz CT molecular complexity index is 756. The number of carbonyl (C=O) groups is 2. The summed E-state index contributed by atoms with van der Waals surface area (Å²) in [7, 11) is 1.30. The number of para-hydroxylation sites is 1. The second-order valence-corrected chi connectivity index (χ2v) is 6.37. The summed E-state index contributed by atoms with van der Waals surface area (Å²) in [6, 6.07) is 17.4. The lowest BCUT2D eigenvalue weighted by Crippen LogP contribution is -3.13. The highest BCUT2D eigenvalue weighted by atomic mass is 16.5. The number of nitrogens with zero attached hydrogens (tertiary/aromatic N) is 1. The third-order valence-electron chi connectivity index (χ3n) is 4.63. The molecule has 0 saturated carbocycles. The zero-order valence-electron chi connectivity index (χ0n) is 14.9. The zero-order valence-corrected chi connectivity index (χ0v) is 14.9. The Morgan fingerprint density at radius 2 is 1.69 bits per heavy atom. The lowest BCUT2D eigenvalue weighted by molar-refractivity contribution is -0.917.